The van der Waals surface area contributed by atoms with Crippen molar-refractivity contribution in [2.24, 2.45) is 0 Å². The predicted molar refractivity (Wildman–Crippen MR) is 124 cm³/mol. The average molecular weight is 397 g/mol. The molecule has 0 aliphatic heterocycles. The number of anilines is 6. The van der Waals surface area contributed by atoms with Crippen LogP contribution in [0.1, 0.15) is 0 Å². The van der Waals surface area contributed by atoms with Crippen LogP contribution in [0.3, 0.4) is 0 Å². The first-order valence-electron chi connectivity index (χ1n) is 9.62. The average Bonchev–Trinajstić information content (AvgIpc) is 2.78. The molecule has 0 unspecified atom stereocenters. The number of hydrogen-bond donors (Lipinski definition) is 4. The Morgan fingerprint density at radius 3 is 1.03 bits per heavy atom. The van der Waals surface area contributed by atoms with E-state index in [4.69, 9.17) is 4.74 Å². The van der Waals surface area contributed by atoms with Gasteiger partial charge in [0, 0.05) is 34.1 Å². The zero-order valence-electron chi connectivity index (χ0n) is 16.6. The first-order chi connectivity index (χ1) is 14.7. The summed E-state index contributed by atoms with van der Waals surface area (Å²) in [5.41, 5.74) is 5.93. The molecule has 0 atom stereocenters. The van der Waals surface area contributed by atoms with Crippen molar-refractivity contribution < 1.29 is 9.84 Å². The maximum absolute atomic E-state index is 9.37. The van der Waals surface area contributed by atoms with E-state index in [0.717, 1.165) is 39.9 Å². The first kappa shape index (κ1) is 19.2. The molecule has 0 bridgehead atoms. The Morgan fingerprint density at radius 2 is 0.733 bits per heavy atom. The first-order valence-corrected chi connectivity index (χ1v) is 9.62. The molecule has 150 valence electrons. The van der Waals surface area contributed by atoms with Gasteiger partial charge >= 0.3 is 0 Å². The van der Waals surface area contributed by atoms with Gasteiger partial charge in [-0.2, -0.15) is 0 Å². The zero-order chi connectivity index (χ0) is 20.8. The highest BCUT2D eigenvalue weighted by Crippen LogP contribution is 2.25. The second-order valence-corrected chi connectivity index (χ2v) is 6.81. The largest absolute Gasteiger partial charge is 0.508 e. The van der Waals surface area contributed by atoms with E-state index in [2.05, 4.69) is 16.0 Å². The number of methoxy groups -OCH3 is 1. The lowest BCUT2D eigenvalue weighted by Crippen LogP contribution is -1.94. The number of ether oxygens (including phenoxy) is 1. The van der Waals surface area contributed by atoms with Crippen LogP contribution in [0.25, 0.3) is 0 Å². The van der Waals surface area contributed by atoms with Gasteiger partial charge in [0.1, 0.15) is 11.5 Å². The van der Waals surface area contributed by atoms with E-state index < -0.39 is 0 Å². The van der Waals surface area contributed by atoms with Crippen molar-refractivity contribution >= 4 is 34.1 Å². The van der Waals surface area contributed by atoms with Gasteiger partial charge < -0.3 is 25.8 Å². The second-order valence-electron chi connectivity index (χ2n) is 6.81. The molecule has 5 nitrogen and oxygen atoms in total. The summed E-state index contributed by atoms with van der Waals surface area (Å²) >= 11 is 0. The summed E-state index contributed by atoms with van der Waals surface area (Å²) in [4.78, 5) is 0. The van der Waals surface area contributed by atoms with Gasteiger partial charge in [-0.15, -0.1) is 0 Å². The number of phenolic OH excluding ortho intramolecular Hbond substituents is 1. The maximum atomic E-state index is 9.37. The number of nitrogens with one attached hydrogen (secondary N) is 3. The quantitative estimate of drug-likeness (QED) is 0.264. The molecule has 4 aromatic rings. The topological polar surface area (TPSA) is 65.5 Å². The van der Waals surface area contributed by atoms with Crippen LogP contribution < -0.4 is 20.7 Å². The van der Waals surface area contributed by atoms with Gasteiger partial charge in [-0.05, 0) is 97.1 Å². The fraction of sp³-hybridized carbons (Fsp3) is 0.0400. The van der Waals surface area contributed by atoms with E-state index in [1.54, 1.807) is 19.2 Å². The highest BCUT2D eigenvalue weighted by Gasteiger charge is 2.00. The number of phenols is 1. The molecule has 0 aliphatic carbocycles. The molecular weight excluding hydrogens is 374 g/mol. The molecule has 4 N–H and O–H groups in total. The van der Waals surface area contributed by atoms with Crippen LogP contribution >= 0.6 is 0 Å². The third-order valence-corrected chi connectivity index (χ3v) is 4.59. The van der Waals surface area contributed by atoms with Crippen molar-refractivity contribution in [2.75, 3.05) is 23.1 Å². The van der Waals surface area contributed by atoms with E-state index in [1.807, 2.05) is 84.9 Å². The van der Waals surface area contributed by atoms with Crippen LogP contribution in [-0.4, -0.2) is 12.2 Å². The number of rotatable bonds is 7. The molecule has 4 aromatic carbocycles. The zero-order valence-corrected chi connectivity index (χ0v) is 16.6. The van der Waals surface area contributed by atoms with E-state index in [1.165, 1.54) is 0 Å². The lowest BCUT2D eigenvalue weighted by atomic mass is 10.2. The molecule has 0 heterocycles. The lowest BCUT2D eigenvalue weighted by Gasteiger charge is -2.11. The minimum atomic E-state index is 0.255. The summed E-state index contributed by atoms with van der Waals surface area (Å²) in [5.74, 6) is 1.09. The Morgan fingerprint density at radius 1 is 0.467 bits per heavy atom. The third-order valence-electron chi connectivity index (χ3n) is 4.59. The number of hydrogen-bond acceptors (Lipinski definition) is 5. The van der Waals surface area contributed by atoms with Gasteiger partial charge in [-0.1, -0.05) is 0 Å². The summed E-state index contributed by atoms with van der Waals surface area (Å²) < 4.78 is 5.18. The molecule has 0 aromatic heterocycles. The van der Waals surface area contributed by atoms with Crippen LogP contribution in [0.2, 0.25) is 0 Å². The van der Waals surface area contributed by atoms with Crippen molar-refractivity contribution in [1.29, 1.82) is 0 Å². The van der Waals surface area contributed by atoms with Crippen LogP contribution in [0.5, 0.6) is 11.5 Å². The number of aromatic hydroxyl groups is 1. The molecule has 4 rings (SSSR count). The normalized spacial score (nSPS) is 10.3. The Hall–Kier alpha value is -4.12. The SMILES string of the molecule is COc1ccc(Nc2ccc(Nc3ccc(Nc4ccc(O)cc4)cc3)cc2)cc1. The second kappa shape index (κ2) is 8.92. The van der Waals surface area contributed by atoms with Crippen LogP contribution in [0.4, 0.5) is 34.1 Å². The van der Waals surface area contributed by atoms with Crippen LogP contribution in [0, 0.1) is 0 Å². The molecule has 5 heteroatoms. The van der Waals surface area contributed by atoms with Crippen LogP contribution in [-0.2, 0) is 0 Å². The van der Waals surface area contributed by atoms with E-state index >= 15 is 0 Å². The molecule has 0 spiro atoms. The minimum absolute atomic E-state index is 0.255. The van der Waals surface area contributed by atoms with Crippen molar-refractivity contribution in [3.63, 3.8) is 0 Å². The molecule has 0 saturated heterocycles. The summed E-state index contributed by atoms with van der Waals surface area (Å²) in [6.45, 7) is 0. The molecular formula is C25H23N3O2. The monoisotopic (exact) mass is 397 g/mol. The summed E-state index contributed by atoms with van der Waals surface area (Å²) in [7, 11) is 1.66. The predicted octanol–water partition coefficient (Wildman–Crippen LogP) is 6.63. The Labute approximate surface area is 176 Å². The standard InChI is InChI=1S/C25H23N3O2/c1-30-25-16-12-23(13-17-25)28-21-8-4-19(5-9-21)26-18-2-6-20(7-3-18)27-22-10-14-24(29)15-11-22/h2-17,26-29H,1H3. The van der Waals surface area contributed by atoms with E-state index in [9.17, 15) is 5.11 Å². The Bertz CT molecular complexity index is 1080. The van der Waals surface area contributed by atoms with Gasteiger partial charge in [0.15, 0.2) is 0 Å². The summed E-state index contributed by atoms with van der Waals surface area (Å²) in [6, 6.07) is 31.0. The van der Waals surface area contributed by atoms with Crippen molar-refractivity contribution in [3.05, 3.63) is 97.1 Å². The van der Waals surface area contributed by atoms with Gasteiger partial charge in [-0.25, -0.2) is 0 Å². The highest BCUT2D eigenvalue weighted by molar-refractivity contribution is 5.68. The molecule has 0 saturated carbocycles. The Kier molecular flexibility index (Phi) is 5.71. The molecule has 0 radical (unpaired) electrons. The van der Waals surface area contributed by atoms with Crippen molar-refractivity contribution in [3.8, 4) is 11.5 Å². The van der Waals surface area contributed by atoms with Gasteiger partial charge in [0.2, 0.25) is 0 Å². The fourth-order valence-corrected chi connectivity index (χ4v) is 2.99. The molecule has 0 fully saturated rings. The van der Waals surface area contributed by atoms with Crippen molar-refractivity contribution in [1.82, 2.24) is 0 Å². The van der Waals surface area contributed by atoms with Gasteiger partial charge in [0.05, 0.1) is 7.11 Å². The van der Waals surface area contributed by atoms with Crippen molar-refractivity contribution in [2.45, 2.75) is 0 Å². The Balaban J connectivity index is 1.35. The lowest BCUT2D eigenvalue weighted by molar-refractivity contribution is 0.415. The smallest absolute Gasteiger partial charge is 0.119 e. The van der Waals surface area contributed by atoms with Gasteiger partial charge in [0.25, 0.3) is 0 Å². The summed E-state index contributed by atoms with van der Waals surface area (Å²) in [5, 5.41) is 19.4. The third kappa shape index (κ3) is 5.02. The summed E-state index contributed by atoms with van der Waals surface area (Å²) in [6.07, 6.45) is 0. The molecule has 30 heavy (non-hydrogen) atoms. The minimum Gasteiger partial charge on any atom is -0.508 e. The number of benzene rings is 4. The maximum Gasteiger partial charge on any atom is 0.119 e. The van der Waals surface area contributed by atoms with Gasteiger partial charge in [-0.3, -0.25) is 0 Å². The van der Waals surface area contributed by atoms with E-state index in [0.29, 0.717) is 0 Å². The highest BCUT2D eigenvalue weighted by atomic mass is 16.5. The van der Waals surface area contributed by atoms with E-state index in [-0.39, 0.29) is 5.75 Å². The fourth-order valence-electron chi connectivity index (χ4n) is 2.99. The molecule has 0 amide bonds. The van der Waals surface area contributed by atoms with Crippen LogP contribution in [0.15, 0.2) is 97.1 Å². The molecule has 0 aliphatic rings.